The van der Waals surface area contributed by atoms with Crippen LogP contribution in [0.15, 0.2) is 0 Å². The number of imide groups is 1. The number of amides is 3. The summed E-state index contributed by atoms with van der Waals surface area (Å²) in [6, 6.07) is -1.20. The number of hydrogen-bond acceptors (Lipinski definition) is 4. The molecule has 1 heterocycles. The van der Waals surface area contributed by atoms with Gasteiger partial charge in [-0.25, -0.2) is 9.59 Å². The molecular weight excluding hydrogens is 209 g/mol. The van der Waals surface area contributed by atoms with Crippen molar-refractivity contribution in [2.45, 2.75) is 6.18 Å². The summed E-state index contributed by atoms with van der Waals surface area (Å²) in [6.07, 6.45) is -5.20. The molecule has 0 atom stereocenters. The lowest BCUT2D eigenvalue weighted by Gasteiger charge is -2.12. The molecule has 14 heavy (non-hydrogen) atoms. The third-order valence-electron chi connectivity index (χ3n) is 1.18. The fourth-order valence-corrected chi connectivity index (χ4v) is 0.649. The van der Waals surface area contributed by atoms with E-state index in [1.165, 1.54) is 0 Å². The molecule has 0 aromatic rings. The van der Waals surface area contributed by atoms with E-state index in [4.69, 9.17) is 0 Å². The smallest absolute Gasteiger partial charge is 0.328 e. The molecular formula is C5H3F3N2O4. The molecule has 0 unspecified atom stereocenters. The minimum atomic E-state index is -5.20. The monoisotopic (exact) mass is 212 g/mol. The lowest BCUT2D eigenvalue weighted by Crippen LogP contribution is -2.36. The molecule has 0 aliphatic carbocycles. The van der Waals surface area contributed by atoms with Crippen molar-refractivity contribution in [3.05, 3.63) is 0 Å². The lowest BCUT2D eigenvalue weighted by molar-refractivity contribution is -0.225. The summed E-state index contributed by atoms with van der Waals surface area (Å²) >= 11 is 0. The largest absolute Gasteiger partial charge is 0.493 e. The first-order valence-corrected chi connectivity index (χ1v) is 3.21. The van der Waals surface area contributed by atoms with Gasteiger partial charge in [-0.05, 0) is 0 Å². The number of alkyl halides is 3. The number of halogens is 3. The zero-order chi connectivity index (χ0) is 10.9. The van der Waals surface area contributed by atoms with Gasteiger partial charge in [-0.15, -0.1) is 5.06 Å². The van der Waals surface area contributed by atoms with Crippen LogP contribution >= 0.6 is 0 Å². The quantitative estimate of drug-likeness (QED) is 0.597. The maximum absolute atomic E-state index is 11.6. The molecule has 1 rings (SSSR count). The molecule has 9 heteroatoms. The van der Waals surface area contributed by atoms with Gasteiger partial charge in [-0.3, -0.25) is 10.1 Å². The van der Waals surface area contributed by atoms with Crippen LogP contribution in [-0.4, -0.2) is 35.7 Å². The Balaban J connectivity index is 2.58. The van der Waals surface area contributed by atoms with Crippen molar-refractivity contribution in [1.82, 2.24) is 10.4 Å². The third kappa shape index (κ3) is 2.12. The highest BCUT2D eigenvalue weighted by Crippen LogP contribution is 2.17. The molecule has 0 saturated carbocycles. The number of nitrogens with zero attached hydrogens (tertiary/aromatic N) is 1. The van der Waals surface area contributed by atoms with E-state index >= 15 is 0 Å². The van der Waals surface area contributed by atoms with E-state index in [0.717, 1.165) is 0 Å². The molecule has 1 N–H and O–H groups in total. The Kier molecular flexibility index (Phi) is 2.32. The van der Waals surface area contributed by atoms with Crippen molar-refractivity contribution < 1.29 is 32.4 Å². The van der Waals surface area contributed by atoms with Crippen LogP contribution in [0, 0.1) is 0 Å². The first-order chi connectivity index (χ1) is 6.30. The topological polar surface area (TPSA) is 75.7 Å². The van der Waals surface area contributed by atoms with Crippen molar-refractivity contribution in [3.8, 4) is 0 Å². The summed E-state index contributed by atoms with van der Waals surface area (Å²) in [4.78, 5) is 34.8. The normalized spacial score (nSPS) is 16.9. The number of hydrogen-bond donors (Lipinski definition) is 1. The highest BCUT2D eigenvalue weighted by Gasteiger charge is 2.44. The van der Waals surface area contributed by atoms with E-state index in [-0.39, 0.29) is 5.06 Å². The minimum Gasteiger partial charge on any atom is -0.328 e. The Morgan fingerprint density at radius 2 is 2.00 bits per heavy atom. The maximum atomic E-state index is 11.6. The third-order valence-corrected chi connectivity index (χ3v) is 1.18. The van der Waals surface area contributed by atoms with Gasteiger partial charge in [0.05, 0.1) is 0 Å². The van der Waals surface area contributed by atoms with E-state index < -0.39 is 30.6 Å². The molecule has 3 amide bonds. The Bertz CT molecular complexity index is 300. The maximum Gasteiger partial charge on any atom is 0.493 e. The van der Waals surface area contributed by atoms with Gasteiger partial charge >= 0.3 is 18.2 Å². The molecule has 0 bridgehead atoms. The second-order valence-corrected chi connectivity index (χ2v) is 2.27. The van der Waals surface area contributed by atoms with Crippen LogP contribution in [0.1, 0.15) is 0 Å². The fraction of sp³-hybridized carbons (Fsp3) is 0.400. The number of carbonyl (C=O) groups is 3. The zero-order valence-corrected chi connectivity index (χ0v) is 6.42. The Hall–Kier alpha value is -1.80. The molecule has 1 fully saturated rings. The van der Waals surface area contributed by atoms with Crippen molar-refractivity contribution in [1.29, 1.82) is 0 Å². The van der Waals surface area contributed by atoms with Crippen LogP contribution in [-0.2, 0) is 14.4 Å². The number of rotatable bonds is 1. The van der Waals surface area contributed by atoms with Crippen molar-refractivity contribution in [2.75, 3.05) is 6.54 Å². The zero-order valence-electron chi connectivity index (χ0n) is 6.42. The summed E-state index contributed by atoms with van der Waals surface area (Å²) < 4.78 is 34.8. The number of urea groups is 1. The fourth-order valence-electron chi connectivity index (χ4n) is 0.649. The van der Waals surface area contributed by atoms with Gasteiger partial charge in [-0.2, -0.15) is 13.2 Å². The summed E-state index contributed by atoms with van der Waals surface area (Å²) in [5.74, 6) is -3.40. The van der Waals surface area contributed by atoms with Crippen LogP contribution in [0.25, 0.3) is 0 Å². The Morgan fingerprint density at radius 3 is 2.36 bits per heavy atom. The summed E-state index contributed by atoms with van der Waals surface area (Å²) in [5, 5.41) is 1.63. The molecule has 1 saturated heterocycles. The lowest BCUT2D eigenvalue weighted by atomic mass is 10.6. The van der Waals surface area contributed by atoms with E-state index in [0.29, 0.717) is 0 Å². The molecule has 6 nitrogen and oxygen atoms in total. The van der Waals surface area contributed by atoms with E-state index in [1.54, 1.807) is 5.32 Å². The van der Waals surface area contributed by atoms with Gasteiger partial charge < -0.3 is 4.84 Å². The van der Waals surface area contributed by atoms with Crippen LogP contribution < -0.4 is 5.32 Å². The predicted octanol–water partition coefficient (Wildman–Crippen LogP) is -0.441. The number of carbonyl (C=O) groups excluding carboxylic acids is 3. The van der Waals surface area contributed by atoms with Gasteiger partial charge in [0.25, 0.3) is 5.91 Å². The Morgan fingerprint density at radius 1 is 1.43 bits per heavy atom. The van der Waals surface area contributed by atoms with Crippen molar-refractivity contribution in [3.63, 3.8) is 0 Å². The van der Waals surface area contributed by atoms with Gasteiger partial charge in [0.15, 0.2) is 0 Å². The summed E-state index contributed by atoms with van der Waals surface area (Å²) in [5.41, 5.74) is 0. The standard InChI is InChI=1S/C5H3F3N2O4/c6-5(7,8)3(12)14-10-1-2(11)9-4(10)13/h1H2,(H,9,11,13). The molecule has 0 radical (unpaired) electrons. The minimum absolute atomic E-state index is 0.00183. The molecule has 1 aliphatic heterocycles. The van der Waals surface area contributed by atoms with Crippen LogP contribution in [0.2, 0.25) is 0 Å². The Labute approximate surface area is 74.6 Å². The van der Waals surface area contributed by atoms with Crippen LogP contribution in [0.3, 0.4) is 0 Å². The second-order valence-electron chi connectivity index (χ2n) is 2.27. The van der Waals surface area contributed by atoms with Gasteiger partial charge in [-0.1, -0.05) is 0 Å². The molecule has 0 aromatic carbocycles. The molecule has 0 aromatic heterocycles. The average molecular weight is 212 g/mol. The average Bonchev–Trinajstić information content (AvgIpc) is 2.28. The van der Waals surface area contributed by atoms with Gasteiger partial charge in [0, 0.05) is 0 Å². The SMILES string of the molecule is O=C1CN(OC(=O)C(F)(F)F)C(=O)N1. The number of nitrogens with one attached hydrogen (secondary N) is 1. The molecule has 1 aliphatic rings. The van der Waals surface area contributed by atoms with Crippen molar-refractivity contribution in [2.24, 2.45) is 0 Å². The summed E-state index contributed by atoms with van der Waals surface area (Å²) in [7, 11) is 0. The van der Waals surface area contributed by atoms with E-state index in [2.05, 4.69) is 4.84 Å². The second kappa shape index (κ2) is 3.16. The highest BCUT2D eigenvalue weighted by atomic mass is 19.4. The van der Waals surface area contributed by atoms with Crippen LogP contribution in [0.5, 0.6) is 0 Å². The van der Waals surface area contributed by atoms with Gasteiger partial charge in [0.2, 0.25) is 0 Å². The first kappa shape index (κ1) is 10.3. The van der Waals surface area contributed by atoms with E-state index in [9.17, 15) is 27.6 Å². The highest BCUT2D eigenvalue weighted by molar-refractivity contribution is 6.01. The van der Waals surface area contributed by atoms with Gasteiger partial charge in [0.1, 0.15) is 6.54 Å². The number of hydroxylamine groups is 2. The molecule has 0 spiro atoms. The predicted molar refractivity (Wildman–Crippen MR) is 32.4 cm³/mol. The summed E-state index contributed by atoms with van der Waals surface area (Å²) in [6.45, 7) is -0.735. The molecule has 78 valence electrons. The van der Waals surface area contributed by atoms with E-state index in [1.807, 2.05) is 0 Å². The van der Waals surface area contributed by atoms with Crippen LogP contribution in [0.4, 0.5) is 18.0 Å². The van der Waals surface area contributed by atoms with Crippen molar-refractivity contribution >= 4 is 17.9 Å². The first-order valence-electron chi connectivity index (χ1n) is 3.21.